The predicted octanol–water partition coefficient (Wildman–Crippen LogP) is -0.0708. The Bertz CT molecular complexity index is 399. The van der Waals surface area contributed by atoms with E-state index >= 15 is 0 Å². The average molecular weight is 218 g/mol. The Morgan fingerprint density at radius 3 is 3.06 bits per heavy atom. The van der Waals surface area contributed by atoms with Crippen LogP contribution in [0.4, 0.5) is 0 Å². The lowest BCUT2D eigenvalue weighted by Crippen LogP contribution is -2.40. The average Bonchev–Trinajstić information content (AvgIpc) is 2.81. The van der Waals surface area contributed by atoms with E-state index in [0.717, 1.165) is 17.9 Å². The van der Waals surface area contributed by atoms with Gasteiger partial charge in [0, 0.05) is 12.7 Å². The topological polar surface area (TPSA) is 66.9 Å². The molecular weight excluding hydrogens is 204 g/mol. The minimum absolute atomic E-state index is 0.0314. The molecule has 16 heavy (non-hydrogen) atoms. The maximum Gasteiger partial charge on any atom is 0.241 e. The van der Waals surface area contributed by atoms with Gasteiger partial charge in [-0.2, -0.15) is 0 Å². The van der Waals surface area contributed by atoms with E-state index in [1.54, 1.807) is 12.4 Å². The number of nitrogens with one attached hydrogen (secondary N) is 2. The van der Waals surface area contributed by atoms with Crippen LogP contribution < -0.4 is 10.6 Å². The number of hydrogen-bond acceptors (Lipinski definition) is 4. The highest BCUT2D eigenvalue weighted by atomic mass is 16.2. The van der Waals surface area contributed by atoms with Crippen LogP contribution in [0.3, 0.4) is 0 Å². The zero-order valence-corrected chi connectivity index (χ0v) is 9.10. The van der Waals surface area contributed by atoms with Crippen molar-refractivity contribution in [2.45, 2.75) is 19.5 Å². The molecule has 0 bridgehead atoms. The number of nitrogens with zero attached hydrogens (tertiary/aromatic N) is 2. The molecule has 0 saturated heterocycles. The van der Waals surface area contributed by atoms with E-state index in [0.29, 0.717) is 6.54 Å². The molecular formula is C11H14N4O. The van der Waals surface area contributed by atoms with E-state index in [2.05, 4.69) is 20.6 Å². The van der Waals surface area contributed by atoms with Crippen molar-refractivity contribution in [3.05, 3.63) is 35.9 Å². The summed E-state index contributed by atoms with van der Waals surface area (Å²) < 4.78 is 0. The lowest BCUT2D eigenvalue weighted by atomic mass is 10.3. The summed E-state index contributed by atoms with van der Waals surface area (Å²) in [6.45, 7) is 3.04. The van der Waals surface area contributed by atoms with Crippen molar-refractivity contribution < 1.29 is 4.79 Å². The molecule has 1 aromatic heterocycles. The zero-order chi connectivity index (χ0) is 11.4. The number of aromatic nitrogens is 2. The van der Waals surface area contributed by atoms with Gasteiger partial charge >= 0.3 is 0 Å². The van der Waals surface area contributed by atoms with Crippen LogP contribution in [-0.2, 0) is 11.3 Å². The number of aryl methyl sites for hydroxylation is 1. The van der Waals surface area contributed by atoms with Crippen LogP contribution in [0.5, 0.6) is 0 Å². The van der Waals surface area contributed by atoms with E-state index in [1.165, 1.54) is 0 Å². The zero-order valence-electron chi connectivity index (χ0n) is 9.10. The van der Waals surface area contributed by atoms with Gasteiger partial charge in [-0.25, -0.2) is 0 Å². The Kier molecular flexibility index (Phi) is 3.26. The van der Waals surface area contributed by atoms with Gasteiger partial charge in [-0.1, -0.05) is 12.2 Å². The van der Waals surface area contributed by atoms with Crippen LogP contribution in [-0.4, -0.2) is 28.5 Å². The highest BCUT2D eigenvalue weighted by Crippen LogP contribution is 1.97. The number of carbonyl (C=O) groups is 1. The Labute approximate surface area is 94.0 Å². The second-order valence-electron chi connectivity index (χ2n) is 3.68. The van der Waals surface area contributed by atoms with Crippen molar-refractivity contribution in [3.8, 4) is 0 Å². The fourth-order valence-electron chi connectivity index (χ4n) is 1.45. The fraction of sp³-hybridized carbons (Fsp3) is 0.364. The van der Waals surface area contributed by atoms with Crippen LogP contribution in [0, 0.1) is 6.92 Å². The van der Waals surface area contributed by atoms with Gasteiger partial charge in [0.2, 0.25) is 5.91 Å². The maximum absolute atomic E-state index is 11.6. The van der Waals surface area contributed by atoms with Gasteiger partial charge in [0.25, 0.3) is 0 Å². The van der Waals surface area contributed by atoms with Crippen molar-refractivity contribution in [1.29, 1.82) is 0 Å². The third kappa shape index (κ3) is 2.64. The summed E-state index contributed by atoms with van der Waals surface area (Å²) in [6.07, 6.45) is 7.16. The summed E-state index contributed by atoms with van der Waals surface area (Å²) in [7, 11) is 0. The first-order valence-electron chi connectivity index (χ1n) is 5.21. The first-order chi connectivity index (χ1) is 7.75. The lowest BCUT2D eigenvalue weighted by molar-refractivity contribution is -0.122. The summed E-state index contributed by atoms with van der Waals surface area (Å²) >= 11 is 0. The van der Waals surface area contributed by atoms with Gasteiger partial charge in [-0.3, -0.25) is 20.1 Å². The molecule has 0 aromatic carbocycles. The highest BCUT2D eigenvalue weighted by molar-refractivity contribution is 5.84. The molecule has 0 saturated carbocycles. The summed E-state index contributed by atoms with van der Waals surface area (Å²) in [5.74, 6) is -0.0314. The largest absolute Gasteiger partial charge is 0.349 e. The van der Waals surface area contributed by atoms with Crippen molar-refractivity contribution in [2.75, 3.05) is 6.54 Å². The molecule has 1 unspecified atom stereocenters. The molecule has 2 rings (SSSR count). The number of amides is 1. The van der Waals surface area contributed by atoms with Gasteiger partial charge < -0.3 is 5.32 Å². The van der Waals surface area contributed by atoms with Gasteiger partial charge in [0.15, 0.2) is 0 Å². The van der Waals surface area contributed by atoms with E-state index < -0.39 is 0 Å². The fourth-order valence-corrected chi connectivity index (χ4v) is 1.45. The van der Waals surface area contributed by atoms with Crippen LogP contribution >= 0.6 is 0 Å². The van der Waals surface area contributed by atoms with E-state index in [9.17, 15) is 4.79 Å². The minimum Gasteiger partial charge on any atom is -0.349 e. The van der Waals surface area contributed by atoms with Crippen molar-refractivity contribution in [3.63, 3.8) is 0 Å². The summed E-state index contributed by atoms with van der Waals surface area (Å²) in [6, 6.07) is -0.210. The molecule has 84 valence electrons. The standard InChI is InChI=1S/C11H14N4O/c1-8-5-14-9(6-13-8)7-15-11(16)10-3-2-4-12-10/h2-3,5-6,10,12H,4,7H2,1H3,(H,15,16). The first-order valence-corrected chi connectivity index (χ1v) is 5.21. The van der Waals surface area contributed by atoms with Gasteiger partial charge in [0.1, 0.15) is 6.04 Å². The Hall–Kier alpha value is -1.75. The van der Waals surface area contributed by atoms with Crippen molar-refractivity contribution >= 4 is 5.91 Å². The maximum atomic E-state index is 11.6. The second-order valence-corrected chi connectivity index (χ2v) is 3.68. The normalized spacial score (nSPS) is 18.7. The number of rotatable bonds is 3. The molecule has 2 N–H and O–H groups in total. The summed E-state index contributed by atoms with van der Waals surface area (Å²) in [5.41, 5.74) is 1.64. The molecule has 1 aliphatic heterocycles. The molecule has 0 fully saturated rings. The lowest BCUT2D eigenvalue weighted by Gasteiger charge is -2.09. The summed E-state index contributed by atoms with van der Waals surface area (Å²) in [4.78, 5) is 19.9. The molecule has 2 heterocycles. The second kappa shape index (κ2) is 4.85. The van der Waals surface area contributed by atoms with Gasteiger partial charge in [-0.15, -0.1) is 0 Å². The molecule has 0 radical (unpaired) electrons. The molecule has 0 aliphatic carbocycles. The quantitative estimate of drug-likeness (QED) is 0.697. The molecule has 1 aliphatic rings. The van der Waals surface area contributed by atoms with E-state index in [-0.39, 0.29) is 11.9 Å². The Morgan fingerprint density at radius 1 is 1.56 bits per heavy atom. The third-order valence-electron chi connectivity index (χ3n) is 2.34. The van der Waals surface area contributed by atoms with Crippen molar-refractivity contribution in [2.24, 2.45) is 0 Å². The molecule has 1 atom stereocenters. The van der Waals surface area contributed by atoms with Crippen LogP contribution in [0.25, 0.3) is 0 Å². The molecule has 5 heteroatoms. The molecule has 1 amide bonds. The van der Waals surface area contributed by atoms with Crippen molar-refractivity contribution in [1.82, 2.24) is 20.6 Å². The van der Waals surface area contributed by atoms with Crippen LogP contribution in [0.2, 0.25) is 0 Å². The van der Waals surface area contributed by atoms with E-state index in [1.807, 2.05) is 19.1 Å². The smallest absolute Gasteiger partial charge is 0.241 e. The van der Waals surface area contributed by atoms with Gasteiger partial charge in [0.05, 0.1) is 24.1 Å². The molecule has 0 spiro atoms. The van der Waals surface area contributed by atoms with Crippen LogP contribution in [0.15, 0.2) is 24.5 Å². The van der Waals surface area contributed by atoms with Crippen LogP contribution in [0.1, 0.15) is 11.4 Å². The summed E-state index contributed by atoms with van der Waals surface area (Å²) in [5, 5.41) is 5.85. The number of carbonyl (C=O) groups excluding carboxylic acids is 1. The molecule has 1 aromatic rings. The van der Waals surface area contributed by atoms with Gasteiger partial charge in [-0.05, 0) is 6.92 Å². The molecule has 5 nitrogen and oxygen atoms in total. The third-order valence-corrected chi connectivity index (χ3v) is 2.34. The number of hydrogen-bond donors (Lipinski definition) is 2. The Balaban J connectivity index is 1.85. The Morgan fingerprint density at radius 2 is 2.44 bits per heavy atom. The SMILES string of the molecule is Cc1cnc(CNC(=O)C2C=CCN2)cn1. The first kappa shape index (κ1) is 10.8. The monoisotopic (exact) mass is 218 g/mol. The van der Waals surface area contributed by atoms with E-state index in [4.69, 9.17) is 0 Å². The highest BCUT2D eigenvalue weighted by Gasteiger charge is 2.16. The minimum atomic E-state index is -0.210. The predicted molar refractivity (Wildman–Crippen MR) is 59.5 cm³/mol.